The van der Waals surface area contributed by atoms with Gasteiger partial charge in [-0.3, -0.25) is 9.59 Å². The Bertz CT molecular complexity index is 424. The van der Waals surface area contributed by atoms with Gasteiger partial charge in [-0.15, -0.1) is 0 Å². The molecule has 0 aromatic heterocycles. The van der Waals surface area contributed by atoms with Crippen molar-refractivity contribution in [3.63, 3.8) is 0 Å². The minimum atomic E-state index is -1.15. The molecule has 1 amide bonds. The van der Waals surface area contributed by atoms with Gasteiger partial charge in [0.2, 0.25) is 5.91 Å². The van der Waals surface area contributed by atoms with Crippen LogP contribution in [0.3, 0.4) is 0 Å². The maximum atomic E-state index is 12.6. The number of carboxylic acids is 1. The molecule has 7 heteroatoms. The average Bonchev–Trinajstić information content (AvgIpc) is 2.30. The molecule has 0 aliphatic carbocycles. The van der Waals surface area contributed by atoms with Crippen molar-refractivity contribution in [1.29, 1.82) is 0 Å². The van der Waals surface area contributed by atoms with Crippen molar-refractivity contribution in [2.24, 2.45) is 0 Å². The normalized spacial score (nSPS) is 13.8. The molecule has 0 radical (unpaired) electrons. The summed E-state index contributed by atoms with van der Waals surface area (Å²) in [4.78, 5) is 20.3. The van der Waals surface area contributed by atoms with E-state index in [0.717, 1.165) is 0 Å². The lowest BCUT2D eigenvalue weighted by Crippen LogP contribution is -2.34. The van der Waals surface area contributed by atoms with Crippen molar-refractivity contribution in [3.8, 4) is 0 Å². The third-order valence-corrected chi connectivity index (χ3v) is 4.43. The van der Waals surface area contributed by atoms with Gasteiger partial charge in [0.25, 0.3) is 0 Å². The number of aliphatic carboxylic acids is 1. The van der Waals surface area contributed by atoms with Gasteiger partial charge in [0.05, 0.1) is 0 Å². The SMILES string of the molecule is O=C(O)[C@H](Br)[C@@H](Br)C(=O)Nc1ccc(F)cc1. The quantitative estimate of drug-likeness (QED) is 0.802. The van der Waals surface area contributed by atoms with Crippen molar-refractivity contribution < 1.29 is 19.1 Å². The Morgan fingerprint density at radius 3 is 2.18 bits per heavy atom. The summed E-state index contributed by atoms with van der Waals surface area (Å²) in [5.74, 6) is -2.09. The first-order chi connectivity index (χ1) is 7.91. The number of carbonyl (C=O) groups excluding carboxylic acids is 1. The summed E-state index contributed by atoms with van der Waals surface area (Å²) in [7, 11) is 0. The molecule has 0 saturated carbocycles. The first-order valence-corrected chi connectivity index (χ1v) is 6.32. The molecule has 92 valence electrons. The molecule has 0 aliphatic heterocycles. The van der Waals surface area contributed by atoms with Gasteiger partial charge in [0.15, 0.2) is 0 Å². The van der Waals surface area contributed by atoms with E-state index in [1.54, 1.807) is 0 Å². The molecule has 2 atom stereocenters. The molecule has 2 N–H and O–H groups in total. The molecule has 17 heavy (non-hydrogen) atoms. The van der Waals surface area contributed by atoms with Crippen molar-refractivity contribution in [2.45, 2.75) is 9.65 Å². The Kier molecular flexibility index (Phi) is 5.07. The molecule has 0 unspecified atom stereocenters. The number of amides is 1. The number of alkyl halides is 2. The molecule has 0 spiro atoms. The molecule has 0 heterocycles. The van der Waals surface area contributed by atoms with Crippen LogP contribution in [0.2, 0.25) is 0 Å². The predicted molar refractivity (Wildman–Crippen MR) is 68.1 cm³/mol. The van der Waals surface area contributed by atoms with Crippen molar-refractivity contribution >= 4 is 49.4 Å². The van der Waals surface area contributed by atoms with Crippen molar-refractivity contribution in [2.75, 3.05) is 5.32 Å². The number of hydrogen-bond acceptors (Lipinski definition) is 2. The molecule has 0 saturated heterocycles. The zero-order valence-corrected chi connectivity index (χ0v) is 11.5. The van der Waals surface area contributed by atoms with Gasteiger partial charge < -0.3 is 10.4 Å². The fourth-order valence-corrected chi connectivity index (χ4v) is 1.58. The van der Waals surface area contributed by atoms with E-state index in [1.165, 1.54) is 24.3 Å². The zero-order valence-electron chi connectivity index (χ0n) is 8.36. The van der Waals surface area contributed by atoms with E-state index in [1.807, 2.05) is 0 Å². The molecule has 0 aliphatic rings. The summed E-state index contributed by atoms with van der Waals surface area (Å²) < 4.78 is 12.6. The second-order valence-electron chi connectivity index (χ2n) is 3.14. The third-order valence-electron chi connectivity index (χ3n) is 1.86. The van der Waals surface area contributed by atoms with E-state index < -0.39 is 27.3 Å². The first kappa shape index (κ1) is 14.1. The Morgan fingerprint density at radius 2 is 1.71 bits per heavy atom. The Morgan fingerprint density at radius 1 is 1.18 bits per heavy atom. The molecule has 1 rings (SSSR count). The lowest BCUT2D eigenvalue weighted by atomic mass is 10.2. The molecule has 1 aromatic rings. The van der Waals surface area contributed by atoms with Crippen molar-refractivity contribution in [3.05, 3.63) is 30.1 Å². The van der Waals surface area contributed by atoms with Gasteiger partial charge in [0.1, 0.15) is 15.5 Å². The van der Waals surface area contributed by atoms with E-state index in [9.17, 15) is 14.0 Å². The van der Waals surface area contributed by atoms with Crippen LogP contribution in [0, 0.1) is 5.82 Å². The van der Waals surface area contributed by atoms with Crippen LogP contribution in [-0.2, 0) is 9.59 Å². The fraction of sp³-hybridized carbons (Fsp3) is 0.200. The standard InChI is InChI=1S/C10H8Br2FNO3/c11-7(8(12)10(16)17)9(15)14-6-3-1-5(13)2-4-6/h1-4,7-8H,(H,14,15)(H,16,17)/t7-,8-/m1/s1. The van der Waals surface area contributed by atoms with Crippen LogP contribution >= 0.6 is 31.9 Å². The second-order valence-corrected chi connectivity index (χ2v) is 5.11. The molecular formula is C10H8Br2FNO3. The van der Waals surface area contributed by atoms with Crippen LogP contribution in [0.15, 0.2) is 24.3 Å². The van der Waals surface area contributed by atoms with Crippen LogP contribution in [-0.4, -0.2) is 26.6 Å². The number of hydrogen-bond donors (Lipinski definition) is 2. The van der Waals surface area contributed by atoms with Gasteiger partial charge >= 0.3 is 5.97 Å². The van der Waals surface area contributed by atoms with Crippen LogP contribution in [0.4, 0.5) is 10.1 Å². The monoisotopic (exact) mass is 367 g/mol. The van der Waals surface area contributed by atoms with Gasteiger partial charge in [-0.05, 0) is 24.3 Å². The summed E-state index contributed by atoms with van der Waals surface area (Å²) in [5.41, 5.74) is 0.394. The predicted octanol–water partition coefficient (Wildman–Crippen LogP) is 2.38. The summed E-state index contributed by atoms with van der Waals surface area (Å²) in [6.45, 7) is 0. The maximum absolute atomic E-state index is 12.6. The summed E-state index contributed by atoms with van der Waals surface area (Å²) in [5, 5.41) is 11.2. The fourth-order valence-electron chi connectivity index (χ4n) is 1.00. The Balaban J connectivity index is 2.66. The number of carbonyl (C=O) groups is 2. The van der Waals surface area contributed by atoms with E-state index in [4.69, 9.17) is 5.11 Å². The van der Waals surface area contributed by atoms with Crippen LogP contribution in [0.25, 0.3) is 0 Å². The number of carboxylic acid groups (broad SMARTS) is 1. The maximum Gasteiger partial charge on any atom is 0.318 e. The Labute approximate surface area is 113 Å². The van der Waals surface area contributed by atoms with E-state index in [0.29, 0.717) is 5.69 Å². The van der Waals surface area contributed by atoms with E-state index >= 15 is 0 Å². The second kappa shape index (κ2) is 6.11. The summed E-state index contributed by atoms with van der Waals surface area (Å²) >= 11 is 5.83. The number of anilines is 1. The minimum absolute atomic E-state index is 0.394. The number of benzene rings is 1. The van der Waals surface area contributed by atoms with Gasteiger partial charge in [0, 0.05) is 5.69 Å². The zero-order chi connectivity index (χ0) is 13.0. The van der Waals surface area contributed by atoms with Crippen LogP contribution < -0.4 is 5.32 Å². The van der Waals surface area contributed by atoms with Crippen molar-refractivity contribution in [1.82, 2.24) is 0 Å². The van der Waals surface area contributed by atoms with Gasteiger partial charge in [-0.2, -0.15) is 0 Å². The Hall–Kier alpha value is -0.950. The van der Waals surface area contributed by atoms with Gasteiger partial charge in [-0.25, -0.2) is 4.39 Å². The molecule has 4 nitrogen and oxygen atoms in total. The topological polar surface area (TPSA) is 66.4 Å². The van der Waals surface area contributed by atoms with E-state index in [-0.39, 0.29) is 0 Å². The number of rotatable bonds is 4. The molecule has 1 aromatic carbocycles. The van der Waals surface area contributed by atoms with E-state index in [2.05, 4.69) is 37.2 Å². The summed E-state index contributed by atoms with van der Waals surface area (Å²) in [6, 6.07) is 5.16. The highest BCUT2D eigenvalue weighted by Crippen LogP contribution is 2.17. The van der Waals surface area contributed by atoms with Crippen LogP contribution in [0.5, 0.6) is 0 Å². The van der Waals surface area contributed by atoms with Crippen LogP contribution in [0.1, 0.15) is 0 Å². The molecule has 0 bridgehead atoms. The highest BCUT2D eigenvalue weighted by Gasteiger charge is 2.29. The molecule has 0 fully saturated rings. The smallest absolute Gasteiger partial charge is 0.318 e. The lowest BCUT2D eigenvalue weighted by Gasteiger charge is -2.13. The first-order valence-electron chi connectivity index (χ1n) is 4.49. The third kappa shape index (κ3) is 4.08. The minimum Gasteiger partial charge on any atom is -0.480 e. The highest BCUT2D eigenvalue weighted by atomic mass is 79.9. The average molecular weight is 369 g/mol. The highest BCUT2D eigenvalue weighted by molar-refractivity contribution is 9.12. The molecular weight excluding hydrogens is 361 g/mol. The summed E-state index contributed by atoms with van der Waals surface area (Å²) in [6.07, 6.45) is 0. The largest absolute Gasteiger partial charge is 0.480 e. The number of nitrogens with one attached hydrogen (secondary N) is 1. The number of halogens is 3. The van der Waals surface area contributed by atoms with Gasteiger partial charge in [-0.1, -0.05) is 31.9 Å². The lowest BCUT2D eigenvalue weighted by molar-refractivity contribution is -0.137.